The van der Waals surface area contributed by atoms with Gasteiger partial charge in [0, 0.05) is 6.04 Å². The van der Waals surface area contributed by atoms with Crippen LogP contribution in [0.2, 0.25) is 0 Å². The van der Waals surface area contributed by atoms with Crippen LogP contribution in [0.4, 0.5) is 0 Å². The van der Waals surface area contributed by atoms with E-state index in [4.69, 9.17) is 5.73 Å². The van der Waals surface area contributed by atoms with E-state index in [2.05, 4.69) is 62.4 Å². The number of aryl methyl sites for hydroxylation is 2. The average molecular weight is 239 g/mol. The molecule has 0 aliphatic heterocycles. The van der Waals surface area contributed by atoms with Gasteiger partial charge in [0.1, 0.15) is 0 Å². The molecule has 0 aromatic heterocycles. The number of nitrogens with two attached hydrogens (primary N) is 1. The van der Waals surface area contributed by atoms with Crippen LogP contribution in [0.15, 0.2) is 48.5 Å². The van der Waals surface area contributed by atoms with Crippen molar-refractivity contribution in [1.82, 2.24) is 0 Å². The van der Waals surface area contributed by atoms with Gasteiger partial charge in [0.2, 0.25) is 0 Å². The summed E-state index contributed by atoms with van der Waals surface area (Å²) in [5, 5.41) is 0. The van der Waals surface area contributed by atoms with E-state index in [9.17, 15) is 0 Å². The molecule has 0 bridgehead atoms. The zero-order valence-electron chi connectivity index (χ0n) is 11.2. The van der Waals surface area contributed by atoms with Crippen LogP contribution >= 0.6 is 0 Å². The lowest BCUT2D eigenvalue weighted by molar-refractivity contribution is 0.716. The minimum atomic E-state index is 0.0821. The molecule has 2 aromatic rings. The molecule has 0 aliphatic carbocycles. The van der Waals surface area contributed by atoms with Crippen molar-refractivity contribution in [2.75, 3.05) is 0 Å². The number of rotatable bonds is 4. The average Bonchev–Trinajstić information content (AvgIpc) is 2.40. The van der Waals surface area contributed by atoms with Crippen molar-refractivity contribution in [3.05, 3.63) is 70.8 Å². The van der Waals surface area contributed by atoms with E-state index < -0.39 is 0 Å². The van der Waals surface area contributed by atoms with E-state index >= 15 is 0 Å². The van der Waals surface area contributed by atoms with E-state index in [1.165, 1.54) is 22.3 Å². The van der Waals surface area contributed by atoms with Crippen LogP contribution in [0.3, 0.4) is 0 Å². The Morgan fingerprint density at radius 2 is 1.56 bits per heavy atom. The summed E-state index contributed by atoms with van der Waals surface area (Å²) < 4.78 is 0. The fourth-order valence-electron chi connectivity index (χ4n) is 2.28. The second kappa shape index (κ2) is 5.83. The van der Waals surface area contributed by atoms with Gasteiger partial charge >= 0.3 is 0 Å². The monoisotopic (exact) mass is 239 g/mol. The molecule has 2 N–H and O–H groups in total. The minimum absolute atomic E-state index is 0.0821. The van der Waals surface area contributed by atoms with Gasteiger partial charge in [-0.05, 0) is 42.0 Å². The van der Waals surface area contributed by atoms with Crippen LogP contribution in [-0.2, 0) is 12.8 Å². The van der Waals surface area contributed by atoms with Crippen LogP contribution in [0.1, 0.15) is 35.2 Å². The minimum Gasteiger partial charge on any atom is -0.324 e. The van der Waals surface area contributed by atoms with Crippen molar-refractivity contribution in [2.45, 2.75) is 32.7 Å². The number of hydrogen-bond acceptors (Lipinski definition) is 1. The first-order valence-corrected chi connectivity index (χ1v) is 6.59. The molecule has 0 amide bonds. The summed E-state index contributed by atoms with van der Waals surface area (Å²) in [4.78, 5) is 0. The smallest absolute Gasteiger partial charge is 0.0338 e. The first kappa shape index (κ1) is 12.8. The normalized spacial score (nSPS) is 12.4. The number of hydrogen-bond donors (Lipinski definition) is 1. The molecule has 1 heteroatoms. The lowest BCUT2D eigenvalue weighted by Crippen LogP contribution is -2.14. The van der Waals surface area contributed by atoms with Gasteiger partial charge < -0.3 is 5.73 Å². The largest absolute Gasteiger partial charge is 0.324 e. The Morgan fingerprint density at radius 3 is 2.17 bits per heavy atom. The Labute approximate surface area is 110 Å². The van der Waals surface area contributed by atoms with Gasteiger partial charge in [-0.1, -0.05) is 55.5 Å². The molecular weight excluding hydrogens is 218 g/mol. The van der Waals surface area contributed by atoms with Crippen molar-refractivity contribution in [3.8, 4) is 0 Å². The zero-order valence-corrected chi connectivity index (χ0v) is 11.2. The summed E-state index contributed by atoms with van der Waals surface area (Å²) in [5.74, 6) is 0. The molecule has 0 spiro atoms. The highest BCUT2D eigenvalue weighted by Crippen LogP contribution is 2.19. The maximum Gasteiger partial charge on any atom is 0.0338 e. The molecular formula is C17H21N. The van der Waals surface area contributed by atoms with Gasteiger partial charge in [-0.2, -0.15) is 0 Å². The van der Waals surface area contributed by atoms with E-state index in [0.717, 1.165) is 12.8 Å². The molecule has 1 nitrogen and oxygen atoms in total. The third-order valence-electron chi connectivity index (χ3n) is 3.47. The van der Waals surface area contributed by atoms with Crippen molar-refractivity contribution >= 4 is 0 Å². The summed E-state index contributed by atoms with van der Waals surface area (Å²) in [6, 6.07) is 17.2. The lowest BCUT2D eigenvalue weighted by Gasteiger charge is -2.15. The molecule has 0 fully saturated rings. The topological polar surface area (TPSA) is 26.0 Å². The summed E-state index contributed by atoms with van der Waals surface area (Å²) >= 11 is 0. The molecule has 0 saturated heterocycles. The van der Waals surface area contributed by atoms with Crippen molar-refractivity contribution in [1.29, 1.82) is 0 Å². The highest BCUT2D eigenvalue weighted by molar-refractivity contribution is 5.31. The molecule has 1 atom stereocenters. The summed E-state index contributed by atoms with van der Waals surface area (Å²) in [6.07, 6.45) is 1.99. The first-order valence-electron chi connectivity index (χ1n) is 6.59. The van der Waals surface area contributed by atoms with E-state index in [0.29, 0.717) is 0 Å². The van der Waals surface area contributed by atoms with Crippen LogP contribution in [0, 0.1) is 6.92 Å². The van der Waals surface area contributed by atoms with Crippen LogP contribution in [0.5, 0.6) is 0 Å². The van der Waals surface area contributed by atoms with Crippen LogP contribution in [-0.4, -0.2) is 0 Å². The SMILES string of the molecule is CCc1ccc(CC(N)c2ccccc2C)cc1. The Balaban J connectivity index is 2.11. The second-order valence-corrected chi connectivity index (χ2v) is 4.84. The Morgan fingerprint density at radius 1 is 0.944 bits per heavy atom. The third-order valence-corrected chi connectivity index (χ3v) is 3.47. The van der Waals surface area contributed by atoms with Gasteiger partial charge in [-0.3, -0.25) is 0 Å². The van der Waals surface area contributed by atoms with Crippen molar-refractivity contribution in [3.63, 3.8) is 0 Å². The predicted octanol–water partition coefficient (Wildman–Crippen LogP) is 3.80. The second-order valence-electron chi connectivity index (χ2n) is 4.84. The number of benzene rings is 2. The van der Waals surface area contributed by atoms with Crippen LogP contribution < -0.4 is 5.73 Å². The molecule has 2 rings (SSSR count). The lowest BCUT2D eigenvalue weighted by atomic mass is 9.95. The standard InChI is InChI=1S/C17H21N/c1-3-14-8-10-15(11-9-14)12-17(18)16-7-5-4-6-13(16)2/h4-11,17H,3,12,18H2,1-2H3. The molecule has 0 radical (unpaired) electrons. The van der Waals surface area contributed by atoms with E-state index in [1.807, 2.05) is 0 Å². The molecule has 0 aliphatic rings. The highest BCUT2D eigenvalue weighted by atomic mass is 14.6. The molecule has 2 aromatic carbocycles. The first-order chi connectivity index (χ1) is 8.70. The summed E-state index contributed by atoms with van der Waals surface area (Å²) in [7, 11) is 0. The van der Waals surface area contributed by atoms with Gasteiger partial charge in [0.15, 0.2) is 0 Å². The molecule has 0 saturated carbocycles. The third kappa shape index (κ3) is 2.99. The highest BCUT2D eigenvalue weighted by Gasteiger charge is 2.09. The van der Waals surface area contributed by atoms with Crippen molar-refractivity contribution in [2.24, 2.45) is 5.73 Å². The molecule has 18 heavy (non-hydrogen) atoms. The molecule has 1 unspecified atom stereocenters. The van der Waals surface area contributed by atoms with Gasteiger partial charge in [-0.25, -0.2) is 0 Å². The fourth-order valence-corrected chi connectivity index (χ4v) is 2.28. The quantitative estimate of drug-likeness (QED) is 0.863. The predicted molar refractivity (Wildman–Crippen MR) is 77.6 cm³/mol. The van der Waals surface area contributed by atoms with E-state index in [-0.39, 0.29) is 6.04 Å². The Hall–Kier alpha value is -1.60. The van der Waals surface area contributed by atoms with Crippen molar-refractivity contribution < 1.29 is 0 Å². The molecule has 94 valence electrons. The Bertz CT molecular complexity index is 499. The van der Waals surface area contributed by atoms with E-state index in [1.54, 1.807) is 0 Å². The molecule has 0 heterocycles. The maximum atomic E-state index is 6.30. The van der Waals surface area contributed by atoms with Gasteiger partial charge in [0.25, 0.3) is 0 Å². The van der Waals surface area contributed by atoms with Gasteiger partial charge in [0.05, 0.1) is 0 Å². The maximum absolute atomic E-state index is 6.30. The Kier molecular flexibility index (Phi) is 4.16. The summed E-state index contributed by atoms with van der Waals surface area (Å²) in [5.41, 5.74) is 11.5. The zero-order chi connectivity index (χ0) is 13.0. The summed E-state index contributed by atoms with van der Waals surface area (Å²) in [6.45, 7) is 4.30. The fraction of sp³-hybridized carbons (Fsp3) is 0.294. The van der Waals surface area contributed by atoms with Gasteiger partial charge in [-0.15, -0.1) is 0 Å². The van der Waals surface area contributed by atoms with Crippen LogP contribution in [0.25, 0.3) is 0 Å².